The molecule has 0 bridgehead atoms. The molecule has 178 valence electrons. The highest BCUT2D eigenvalue weighted by Crippen LogP contribution is 2.44. The van der Waals surface area contributed by atoms with E-state index in [1.165, 1.54) is 6.19 Å². The van der Waals surface area contributed by atoms with E-state index in [1.807, 2.05) is 0 Å². The summed E-state index contributed by atoms with van der Waals surface area (Å²) in [6.45, 7) is 0. The van der Waals surface area contributed by atoms with Crippen molar-refractivity contribution in [3.8, 4) is 17.6 Å². The number of anilines is 1. The van der Waals surface area contributed by atoms with Gasteiger partial charge >= 0.3 is 24.1 Å². The third kappa shape index (κ3) is 4.72. The van der Waals surface area contributed by atoms with Gasteiger partial charge in [0.05, 0.1) is 11.3 Å². The zero-order valence-electron chi connectivity index (χ0n) is 16.8. The van der Waals surface area contributed by atoms with Crippen molar-refractivity contribution in [2.45, 2.75) is 12.4 Å². The molecule has 0 aliphatic rings. The first-order valence-corrected chi connectivity index (χ1v) is 8.98. The van der Waals surface area contributed by atoms with Crippen molar-refractivity contribution in [3.63, 3.8) is 0 Å². The van der Waals surface area contributed by atoms with Crippen LogP contribution in [0.25, 0.3) is 5.69 Å². The first kappa shape index (κ1) is 24.4. The molecule has 1 heterocycles. The summed E-state index contributed by atoms with van der Waals surface area (Å²) in [7, 11) is 1.06. The molecule has 0 saturated carbocycles. The van der Waals surface area contributed by atoms with Gasteiger partial charge in [0.1, 0.15) is 11.4 Å². The molecule has 1 aromatic heterocycles. The van der Waals surface area contributed by atoms with Crippen LogP contribution in [0.15, 0.2) is 53.6 Å². The van der Waals surface area contributed by atoms with Crippen molar-refractivity contribution < 1.29 is 40.3 Å². The highest BCUT2D eigenvalue weighted by atomic mass is 19.4. The number of alkyl halides is 6. The Balaban J connectivity index is 2.23. The van der Waals surface area contributed by atoms with Gasteiger partial charge in [-0.15, -0.1) is 0 Å². The Morgan fingerprint density at radius 3 is 2.15 bits per heavy atom. The van der Waals surface area contributed by atoms with E-state index in [2.05, 4.69) is 0 Å². The number of aromatic nitrogens is 2. The molecule has 34 heavy (non-hydrogen) atoms. The Morgan fingerprint density at radius 2 is 1.65 bits per heavy atom. The van der Waals surface area contributed by atoms with E-state index in [4.69, 9.17) is 10.00 Å². The minimum atomic E-state index is -5.44. The lowest BCUT2D eigenvalue weighted by Gasteiger charge is -2.22. The zero-order valence-corrected chi connectivity index (χ0v) is 16.8. The fourth-order valence-electron chi connectivity index (χ4n) is 2.84. The van der Waals surface area contributed by atoms with Gasteiger partial charge in [0.15, 0.2) is 11.9 Å². The van der Waals surface area contributed by atoms with Crippen LogP contribution in [0.2, 0.25) is 0 Å². The number of halogens is 7. The van der Waals surface area contributed by atoms with E-state index in [-0.39, 0.29) is 17.8 Å². The first-order valence-electron chi connectivity index (χ1n) is 8.98. The molecule has 0 atom stereocenters. The molecular formula is C20H11F7N4O3. The van der Waals surface area contributed by atoms with Gasteiger partial charge in [0.2, 0.25) is 0 Å². The molecule has 0 N–H and O–H groups in total. The summed E-state index contributed by atoms with van der Waals surface area (Å²) in [5.41, 5.74) is -6.17. The number of rotatable bonds is 3. The molecule has 0 fully saturated rings. The number of imidazole rings is 1. The van der Waals surface area contributed by atoms with Gasteiger partial charge in [-0.25, -0.2) is 18.5 Å². The maximum atomic E-state index is 13.7. The molecule has 14 heteroatoms. The van der Waals surface area contributed by atoms with Gasteiger partial charge < -0.3 is 4.74 Å². The minimum Gasteiger partial charge on any atom is -0.407 e. The summed E-state index contributed by atoms with van der Waals surface area (Å²) in [6.07, 6.45) is -9.28. The van der Waals surface area contributed by atoms with Gasteiger partial charge in [-0.05, 0) is 36.4 Å². The number of nitrogens with zero attached hydrogens (tertiary/aromatic N) is 4. The molecule has 1 amide bonds. The number of carbonyl (C=O) groups is 1. The second-order valence-corrected chi connectivity index (χ2v) is 6.69. The largest absolute Gasteiger partial charge is 0.420 e. The highest BCUT2D eigenvalue weighted by Gasteiger charge is 2.42. The van der Waals surface area contributed by atoms with Crippen molar-refractivity contribution in [1.82, 2.24) is 9.13 Å². The summed E-state index contributed by atoms with van der Waals surface area (Å²) in [6, 6.07) is 4.02. The Kier molecular flexibility index (Phi) is 6.15. The molecule has 0 spiro atoms. The number of amides is 1. The number of hydrogen-bond donors (Lipinski definition) is 0. The third-order valence-corrected chi connectivity index (χ3v) is 4.52. The summed E-state index contributed by atoms with van der Waals surface area (Å²) in [5.74, 6) is -2.08. The molecular weight excluding hydrogens is 477 g/mol. The van der Waals surface area contributed by atoms with E-state index in [0.29, 0.717) is 14.0 Å². The van der Waals surface area contributed by atoms with Crippen LogP contribution in [0, 0.1) is 17.3 Å². The Bertz CT molecular complexity index is 1330. The van der Waals surface area contributed by atoms with E-state index in [1.54, 1.807) is 0 Å². The van der Waals surface area contributed by atoms with E-state index in [0.717, 1.165) is 43.7 Å². The zero-order chi connectivity index (χ0) is 25.4. The number of benzene rings is 2. The van der Waals surface area contributed by atoms with E-state index < -0.39 is 52.5 Å². The molecule has 0 aliphatic carbocycles. The molecule has 0 radical (unpaired) electrons. The monoisotopic (exact) mass is 488 g/mol. The molecule has 0 unspecified atom stereocenters. The Hall–Kier alpha value is -4.28. The van der Waals surface area contributed by atoms with Crippen LogP contribution in [0.5, 0.6) is 5.75 Å². The van der Waals surface area contributed by atoms with E-state index >= 15 is 0 Å². The molecule has 2 aromatic carbocycles. The van der Waals surface area contributed by atoms with Gasteiger partial charge in [-0.3, -0.25) is 9.47 Å². The fourth-order valence-corrected chi connectivity index (χ4v) is 2.84. The molecule has 7 nitrogen and oxygen atoms in total. The Labute approximate surface area is 185 Å². The summed E-state index contributed by atoms with van der Waals surface area (Å²) < 4.78 is 99.8. The number of nitriles is 1. The quantitative estimate of drug-likeness (QED) is 0.497. The lowest BCUT2D eigenvalue weighted by molar-refractivity contribution is -0.143. The SMILES string of the molecule is CN(C(=O)Oc1c(-n2ccn(C#N)c2=O)cc(C(F)(F)F)cc1C(F)(F)F)c1ccc(F)cc1. The topological polar surface area (TPSA) is 80.3 Å². The average molecular weight is 488 g/mol. The second-order valence-electron chi connectivity index (χ2n) is 6.69. The lowest BCUT2D eigenvalue weighted by Crippen LogP contribution is -2.31. The van der Waals surface area contributed by atoms with Crippen LogP contribution in [-0.2, 0) is 12.4 Å². The maximum Gasteiger partial charge on any atom is 0.420 e. The summed E-state index contributed by atoms with van der Waals surface area (Å²) in [4.78, 5) is 25.5. The van der Waals surface area contributed by atoms with Crippen molar-refractivity contribution in [3.05, 3.63) is 76.2 Å². The number of carbonyl (C=O) groups excluding carboxylic acids is 1. The van der Waals surface area contributed by atoms with Gasteiger partial charge in [-0.1, -0.05) is 0 Å². The Morgan fingerprint density at radius 1 is 1.03 bits per heavy atom. The van der Waals surface area contributed by atoms with Crippen molar-refractivity contribution in [2.75, 3.05) is 11.9 Å². The smallest absolute Gasteiger partial charge is 0.407 e. The van der Waals surface area contributed by atoms with Crippen molar-refractivity contribution in [1.29, 1.82) is 5.26 Å². The van der Waals surface area contributed by atoms with Gasteiger partial charge in [-0.2, -0.15) is 31.6 Å². The molecule has 0 aliphatic heterocycles. The van der Waals surface area contributed by atoms with Crippen LogP contribution < -0.4 is 15.3 Å². The standard InChI is InChI=1S/C20H11F7N4O3/c1-29(13-4-2-12(21)3-5-13)18(33)34-16-14(20(25,26)27)8-11(19(22,23)24)9-15(16)31-7-6-30(10-28)17(31)32/h2-9H,1H3. The third-order valence-electron chi connectivity index (χ3n) is 4.52. The van der Waals surface area contributed by atoms with Crippen LogP contribution in [-0.4, -0.2) is 22.3 Å². The normalized spacial score (nSPS) is 11.7. The van der Waals surface area contributed by atoms with Crippen LogP contribution >= 0.6 is 0 Å². The fraction of sp³-hybridized carbons (Fsp3) is 0.150. The highest BCUT2D eigenvalue weighted by molar-refractivity contribution is 5.89. The summed E-state index contributed by atoms with van der Waals surface area (Å²) in [5, 5.41) is 8.90. The van der Waals surface area contributed by atoms with Crippen LogP contribution in [0.4, 0.5) is 41.2 Å². The maximum absolute atomic E-state index is 13.7. The van der Waals surface area contributed by atoms with Crippen molar-refractivity contribution >= 4 is 11.8 Å². The van der Waals surface area contributed by atoms with Crippen LogP contribution in [0.3, 0.4) is 0 Å². The molecule has 3 rings (SSSR count). The lowest BCUT2D eigenvalue weighted by atomic mass is 10.1. The number of ether oxygens (including phenoxy) is 1. The predicted octanol–water partition coefficient (Wildman–Crippen LogP) is 4.78. The average Bonchev–Trinajstić information content (AvgIpc) is 3.12. The van der Waals surface area contributed by atoms with Gasteiger partial charge in [0.25, 0.3) is 0 Å². The van der Waals surface area contributed by atoms with E-state index in [9.17, 15) is 40.3 Å². The first-order chi connectivity index (χ1) is 15.7. The molecule has 3 aromatic rings. The second kappa shape index (κ2) is 8.58. The predicted molar refractivity (Wildman–Crippen MR) is 102 cm³/mol. The minimum absolute atomic E-state index is 0.0128. The van der Waals surface area contributed by atoms with Gasteiger partial charge in [0, 0.05) is 25.1 Å². The number of hydrogen-bond acceptors (Lipinski definition) is 4. The van der Waals surface area contributed by atoms with Crippen LogP contribution in [0.1, 0.15) is 11.1 Å². The van der Waals surface area contributed by atoms with Crippen molar-refractivity contribution in [2.24, 2.45) is 0 Å². The molecule has 0 saturated heterocycles. The summed E-state index contributed by atoms with van der Waals surface area (Å²) >= 11 is 0.